The lowest BCUT2D eigenvalue weighted by Crippen LogP contribution is -2.13. The summed E-state index contributed by atoms with van der Waals surface area (Å²) >= 11 is 0. The number of phenolic OH excluding ortho intramolecular Hbond substituents is 1. The van der Waals surface area contributed by atoms with Gasteiger partial charge >= 0.3 is 0 Å². The lowest BCUT2D eigenvalue weighted by molar-refractivity contribution is 0.239. The number of allylic oxidation sites excluding steroid dienone is 1. The smallest absolute Gasteiger partial charge is 0.162 e. The molecule has 0 saturated heterocycles. The molecule has 0 aliphatic carbocycles. The van der Waals surface area contributed by atoms with E-state index in [2.05, 4.69) is 12.1 Å². The van der Waals surface area contributed by atoms with Gasteiger partial charge in [0.25, 0.3) is 0 Å². The first-order valence-corrected chi connectivity index (χ1v) is 6.89. The summed E-state index contributed by atoms with van der Waals surface area (Å²) < 4.78 is 4.95. The van der Waals surface area contributed by atoms with Gasteiger partial charge in [-0.2, -0.15) is 0 Å². The molecule has 0 spiro atoms. The van der Waals surface area contributed by atoms with Gasteiger partial charge in [0, 0.05) is 11.8 Å². The van der Waals surface area contributed by atoms with Crippen LogP contribution in [-0.2, 0) is 6.42 Å². The molecule has 4 nitrogen and oxygen atoms in total. The lowest BCUT2D eigenvalue weighted by atomic mass is 10.1. The van der Waals surface area contributed by atoms with E-state index in [1.54, 1.807) is 18.3 Å². The lowest BCUT2D eigenvalue weighted by Gasteiger charge is -2.11. The van der Waals surface area contributed by atoms with Crippen LogP contribution in [0.4, 0.5) is 0 Å². The Balaban J connectivity index is 0.000000162. The molecule has 2 aromatic rings. The number of para-hydroxylation sites is 1. The summed E-state index contributed by atoms with van der Waals surface area (Å²) in [6, 6.07) is 13.1. The fourth-order valence-electron chi connectivity index (χ4n) is 1.95. The fourth-order valence-corrected chi connectivity index (χ4v) is 1.95. The van der Waals surface area contributed by atoms with Gasteiger partial charge in [-0.25, -0.2) is 5.48 Å². The van der Waals surface area contributed by atoms with E-state index >= 15 is 0 Å². The van der Waals surface area contributed by atoms with Gasteiger partial charge in [0.15, 0.2) is 17.2 Å². The van der Waals surface area contributed by atoms with Gasteiger partial charge in [0.1, 0.15) is 0 Å². The number of hydroxylamine groups is 1. The fraction of sp³-hybridized carbons (Fsp3) is 0.111. The van der Waals surface area contributed by atoms with E-state index in [-0.39, 0.29) is 5.75 Å². The first-order valence-electron chi connectivity index (χ1n) is 6.89. The topological polar surface area (TPSA) is 50.7 Å². The number of benzene rings is 2. The molecule has 1 heterocycles. The monoisotopic (exact) mass is 297 g/mol. The molecule has 0 radical (unpaired) electrons. The first kappa shape index (κ1) is 15.5. The predicted octanol–water partition coefficient (Wildman–Crippen LogP) is 3.68. The van der Waals surface area contributed by atoms with Gasteiger partial charge in [-0.1, -0.05) is 30.3 Å². The van der Waals surface area contributed by atoms with E-state index in [0.29, 0.717) is 5.75 Å². The quantitative estimate of drug-likeness (QED) is 0.849. The zero-order chi connectivity index (χ0) is 15.8. The summed E-state index contributed by atoms with van der Waals surface area (Å²) in [6.45, 7) is 3.63. The molecule has 4 heteroatoms. The normalized spacial score (nSPS) is 11.1. The molecule has 2 aromatic carbocycles. The van der Waals surface area contributed by atoms with Crippen LogP contribution in [0.15, 0.2) is 61.3 Å². The van der Waals surface area contributed by atoms with Crippen molar-refractivity contribution in [3.63, 3.8) is 0 Å². The molecule has 1 aliphatic heterocycles. The Hall–Kier alpha value is -2.88. The molecular weight excluding hydrogens is 278 g/mol. The standard InChI is InChI=1S/C10H12O2.C8H7NO/c1-3-4-8-5-6-9(11)10(7-8)12-2;1-2-4-8-7(3-1)5-6-9-10-8/h3,5-7,11H,1,4H2,2H3;1-6,9H. The molecule has 0 aromatic heterocycles. The summed E-state index contributed by atoms with van der Waals surface area (Å²) in [5.74, 6) is 1.56. The maximum Gasteiger partial charge on any atom is 0.162 e. The van der Waals surface area contributed by atoms with Crippen molar-refractivity contribution < 1.29 is 14.7 Å². The van der Waals surface area contributed by atoms with Gasteiger partial charge in [-0.3, -0.25) is 0 Å². The second kappa shape index (κ2) is 7.78. The maximum atomic E-state index is 9.25. The molecule has 0 fully saturated rings. The Bertz CT molecular complexity index is 665. The van der Waals surface area contributed by atoms with Gasteiger partial charge in [-0.05, 0) is 36.3 Å². The molecule has 0 saturated carbocycles. The number of phenols is 1. The van der Waals surface area contributed by atoms with E-state index in [1.807, 2.05) is 42.5 Å². The third-order valence-electron chi connectivity index (χ3n) is 3.04. The van der Waals surface area contributed by atoms with Crippen molar-refractivity contribution in [2.75, 3.05) is 7.11 Å². The highest BCUT2D eigenvalue weighted by Crippen LogP contribution is 2.26. The Morgan fingerprint density at radius 1 is 1.27 bits per heavy atom. The number of fused-ring (bicyclic) bond motifs is 1. The van der Waals surface area contributed by atoms with Gasteiger partial charge in [0.2, 0.25) is 0 Å². The summed E-state index contributed by atoms with van der Waals surface area (Å²) in [5, 5.41) is 9.25. The van der Waals surface area contributed by atoms with Crippen molar-refractivity contribution >= 4 is 6.08 Å². The predicted molar refractivity (Wildman–Crippen MR) is 87.8 cm³/mol. The van der Waals surface area contributed by atoms with Crippen molar-refractivity contribution in [3.05, 3.63) is 72.4 Å². The Labute approximate surface area is 130 Å². The van der Waals surface area contributed by atoms with E-state index in [0.717, 1.165) is 23.3 Å². The molecule has 114 valence electrons. The van der Waals surface area contributed by atoms with Crippen molar-refractivity contribution in [1.29, 1.82) is 0 Å². The summed E-state index contributed by atoms with van der Waals surface area (Å²) in [4.78, 5) is 5.09. The van der Waals surface area contributed by atoms with Gasteiger partial charge in [0.05, 0.1) is 7.11 Å². The van der Waals surface area contributed by atoms with E-state index in [9.17, 15) is 5.11 Å². The van der Waals surface area contributed by atoms with Crippen LogP contribution in [0.25, 0.3) is 6.08 Å². The van der Waals surface area contributed by atoms with Crippen molar-refractivity contribution in [1.82, 2.24) is 5.48 Å². The summed E-state index contributed by atoms with van der Waals surface area (Å²) in [5.41, 5.74) is 4.86. The molecule has 3 rings (SSSR count). The van der Waals surface area contributed by atoms with Crippen LogP contribution in [0.3, 0.4) is 0 Å². The number of hydrogen-bond acceptors (Lipinski definition) is 4. The number of aromatic hydroxyl groups is 1. The zero-order valence-corrected chi connectivity index (χ0v) is 12.5. The van der Waals surface area contributed by atoms with Crippen LogP contribution in [0, 0.1) is 0 Å². The van der Waals surface area contributed by atoms with Gasteiger partial charge in [-0.15, -0.1) is 6.58 Å². The second-order valence-corrected chi connectivity index (χ2v) is 4.59. The third kappa shape index (κ3) is 4.06. The summed E-state index contributed by atoms with van der Waals surface area (Å²) in [6.07, 6.45) is 6.34. The van der Waals surface area contributed by atoms with E-state index < -0.39 is 0 Å². The largest absolute Gasteiger partial charge is 0.504 e. The molecule has 0 atom stereocenters. The van der Waals surface area contributed by atoms with Crippen LogP contribution in [-0.4, -0.2) is 12.2 Å². The van der Waals surface area contributed by atoms with Crippen LogP contribution in [0.1, 0.15) is 11.1 Å². The minimum atomic E-state index is 0.172. The summed E-state index contributed by atoms with van der Waals surface area (Å²) in [7, 11) is 1.53. The zero-order valence-electron chi connectivity index (χ0n) is 12.5. The Kier molecular flexibility index (Phi) is 5.49. The maximum absolute atomic E-state index is 9.25. The number of rotatable bonds is 3. The van der Waals surface area contributed by atoms with E-state index in [4.69, 9.17) is 9.57 Å². The van der Waals surface area contributed by atoms with Crippen molar-refractivity contribution in [3.8, 4) is 17.2 Å². The molecule has 0 bridgehead atoms. The second-order valence-electron chi connectivity index (χ2n) is 4.59. The number of hydrogen-bond donors (Lipinski definition) is 2. The number of methoxy groups -OCH3 is 1. The molecule has 1 aliphatic rings. The highest BCUT2D eigenvalue weighted by atomic mass is 16.6. The average molecular weight is 297 g/mol. The van der Waals surface area contributed by atoms with Crippen LogP contribution in [0.5, 0.6) is 17.2 Å². The Morgan fingerprint density at radius 3 is 2.82 bits per heavy atom. The average Bonchev–Trinajstić information content (AvgIpc) is 2.57. The first-order chi connectivity index (χ1) is 10.7. The van der Waals surface area contributed by atoms with Crippen LogP contribution in [0.2, 0.25) is 0 Å². The molecule has 22 heavy (non-hydrogen) atoms. The molecule has 2 N–H and O–H groups in total. The van der Waals surface area contributed by atoms with E-state index in [1.165, 1.54) is 7.11 Å². The SMILES string of the molecule is C1=Cc2ccccc2ON1.C=CCc1ccc(O)c(OC)c1. The molecule has 0 unspecified atom stereocenters. The minimum Gasteiger partial charge on any atom is -0.504 e. The van der Waals surface area contributed by atoms with Crippen molar-refractivity contribution in [2.45, 2.75) is 6.42 Å². The minimum absolute atomic E-state index is 0.172. The van der Waals surface area contributed by atoms with Crippen LogP contribution >= 0.6 is 0 Å². The highest BCUT2D eigenvalue weighted by molar-refractivity contribution is 5.58. The number of nitrogens with one attached hydrogen (secondary N) is 1. The van der Waals surface area contributed by atoms with Gasteiger partial charge < -0.3 is 14.7 Å². The Morgan fingerprint density at radius 2 is 2.09 bits per heavy atom. The molecule has 0 amide bonds. The third-order valence-corrected chi connectivity index (χ3v) is 3.04. The molecular formula is C18H19NO3. The highest BCUT2D eigenvalue weighted by Gasteiger charge is 2.01. The van der Waals surface area contributed by atoms with Crippen molar-refractivity contribution in [2.24, 2.45) is 0 Å². The number of ether oxygens (including phenoxy) is 1. The van der Waals surface area contributed by atoms with Crippen LogP contribution < -0.4 is 15.1 Å².